The van der Waals surface area contributed by atoms with E-state index in [1.165, 1.54) is 0 Å². The number of carbonyl (C=O) groups is 1. The van der Waals surface area contributed by atoms with E-state index < -0.39 is 0 Å². The Morgan fingerprint density at radius 3 is 2.95 bits per heavy atom. The molecule has 1 amide bonds. The number of hydrogen-bond donors (Lipinski definition) is 2. The second kappa shape index (κ2) is 7.07. The molecular weight excluding hydrogens is 276 g/mol. The third-order valence-electron chi connectivity index (χ3n) is 3.81. The Hall–Kier alpha value is -1.10. The molecule has 0 radical (unpaired) electrons. The molecule has 20 heavy (non-hydrogen) atoms. The number of nitrogens with one attached hydrogen (secondary N) is 1. The zero-order chi connectivity index (χ0) is 14.5. The van der Waals surface area contributed by atoms with Crippen LogP contribution in [0.2, 0.25) is 5.02 Å². The van der Waals surface area contributed by atoms with Gasteiger partial charge in [0.25, 0.3) is 0 Å². The minimum Gasteiger partial charge on any atom is -0.375 e. The van der Waals surface area contributed by atoms with Gasteiger partial charge >= 0.3 is 0 Å². The Kier molecular flexibility index (Phi) is 5.40. The number of rotatable bonds is 5. The Balaban J connectivity index is 1.89. The van der Waals surface area contributed by atoms with Crippen LogP contribution < -0.4 is 11.1 Å². The summed E-state index contributed by atoms with van der Waals surface area (Å²) in [6.45, 7) is 0.446. The summed E-state index contributed by atoms with van der Waals surface area (Å²) in [7, 11) is 1.63. The molecule has 1 saturated carbocycles. The number of amides is 1. The third kappa shape index (κ3) is 3.95. The Morgan fingerprint density at radius 2 is 2.35 bits per heavy atom. The molecule has 3 N–H and O–H groups in total. The van der Waals surface area contributed by atoms with Crippen molar-refractivity contribution in [3.05, 3.63) is 34.9 Å². The van der Waals surface area contributed by atoms with Gasteiger partial charge in [-0.1, -0.05) is 23.7 Å². The van der Waals surface area contributed by atoms with Crippen LogP contribution in [0, 0.1) is 5.92 Å². The van der Waals surface area contributed by atoms with Gasteiger partial charge in [-0.15, -0.1) is 0 Å². The second-order valence-electron chi connectivity index (χ2n) is 5.29. The highest BCUT2D eigenvalue weighted by molar-refractivity contribution is 6.30. The number of hydrogen-bond acceptors (Lipinski definition) is 3. The molecule has 110 valence electrons. The number of benzene rings is 1. The zero-order valence-electron chi connectivity index (χ0n) is 11.6. The average Bonchev–Trinajstić information content (AvgIpc) is 2.86. The Bertz CT molecular complexity index is 467. The maximum absolute atomic E-state index is 12.1. The topological polar surface area (TPSA) is 64.3 Å². The van der Waals surface area contributed by atoms with Crippen molar-refractivity contribution in [3.8, 4) is 0 Å². The molecule has 4 nitrogen and oxygen atoms in total. The van der Waals surface area contributed by atoms with Gasteiger partial charge in [-0.25, -0.2) is 0 Å². The summed E-state index contributed by atoms with van der Waals surface area (Å²) in [4.78, 5) is 12.1. The van der Waals surface area contributed by atoms with Crippen LogP contribution in [0.3, 0.4) is 0 Å². The van der Waals surface area contributed by atoms with Crippen LogP contribution in [0.25, 0.3) is 0 Å². The quantitative estimate of drug-likeness (QED) is 0.876. The number of nitrogens with two attached hydrogens (primary N) is 1. The summed E-state index contributed by atoms with van der Waals surface area (Å²) in [6.07, 6.45) is 2.40. The van der Waals surface area contributed by atoms with E-state index >= 15 is 0 Å². The molecule has 0 aliphatic heterocycles. The van der Waals surface area contributed by atoms with Gasteiger partial charge in [-0.05, 0) is 37.0 Å². The van der Waals surface area contributed by atoms with Crippen LogP contribution in [0.1, 0.15) is 30.9 Å². The van der Waals surface area contributed by atoms with Crippen LogP contribution in [-0.2, 0) is 9.53 Å². The molecule has 3 atom stereocenters. The van der Waals surface area contributed by atoms with Gasteiger partial charge in [0.1, 0.15) is 0 Å². The van der Waals surface area contributed by atoms with Crippen LogP contribution in [-0.4, -0.2) is 25.6 Å². The largest absolute Gasteiger partial charge is 0.375 e. The van der Waals surface area contributed by atoms with E-state index in [1.807, 2.05) is 24.3 Å². The van der Waals surface area contributed by atoms with Crippen LogP contribution >= 0.6 is 11.6 Å². The first-order valence-electron chi connectivity index (χ1n) is 6.91. The zero-order valence-corrected chi connectivity index (χ0v) is 12.4. The number of ether oxygens (including phenoxy) is 1. The minimum atomic E-state index is -0.187. The standard InChI is InChI=1S/C15H21ClN2O2/c1-20-14(10-3-2-4-12(16)7-10)9-18-15(19)11-5-6-13(17)8-11/h2-4,7,11,13-14H,5-6,8-9,17H2,1H3,(H,18,19). The van der Waals surface area contributed by atoms with E-state index in [4.69, 9.17) is 22.1 Å². The van der Waals surface area contributed by atoms with Gasteiger partial charge in [0.15, 0.2) is 0 Å². The predicted molar refractivity (Wildman–Crippen MR) is 79.5 cm³/mol. The van der Waals surface area contributed by atoms with Gasteiger partial charge < -0.3 is 15.8 Å². The monoisotopic (exact) mass is 296 g/mol. The van der Waals surface area contributed by atoms with Crippen molar-refractivity contribution in [2.24, 2.45) is 11.7 Å². The van der Waals surface area contributed by atoms with E-state index in [0.29, 0.717) is 11.6 Å². The average molecular weight is 297 g/mol. The van der Waals surface area contributed by atoms with E-state index in [9.17, 15) is 4.79 Å². The van der Waals surface area contributed by atoms with Crippen molar-refractivity contribution < 1.29 is 9.53 Å². The molecule has 1 aromatic carbocycles. The fraction of sp³-hybridized carbons (Fsp3) is 0.533. The van der Waals surface area contributed by atoms with Crippen LogP contribution in [0.5, 0.6) is 0 Å². The van der Waals surface area contributed by atoms with Crippen molar-refractivity contribution in [2.45, 2.75) is 31.4 Å². The molecular formula is C15H21ClN2O2. The van der Waals surface area contributed by atoms with E-state index in [-0.39, 0.29) is 24.0 Å². The first-order chi connectivity index (χ1) is 9.60. The Labute approximate surface area is 124 Å². The maximum atomic E-state index is 12.1. The highest BCUT2D eigenvalue weighted by Gasteiger charge is 2.28. The van der Waals surface area contributed by atoms with Gasteiger partial charge in [0, 0.05) is 30.6 Å². The number of halogens is 1. The van der Waals surface area contributed by atoms with E-state index in [2.05, 4.69) is 5.32 Å². The lowest BCUT2D eigenvalue weighted by Crippen LogP contribution is -2.34. The first kappa shape index (κ1) is 15.3. The number of methoxy groups -OCH3 is 1. The van der Waals surface area contributed by atoms with Crippen molar-refractivity contribution in [2.75, 3.05) is 13.7 Å². The SMILES string of the molecule is COC(CNC(=O)C1CCC(N)C1)c1cccc(Cl)c1. The highest BCUT2D eigenvalue weighted by Crippen LogP contribution is 2.25. The molecule has 1 aromatic rings. The molecule has 0 saturated heterocycles. The van der Waals surface area contributed by atoms with Gasteiger partial charge in [-0.2, -0.15) is 0 Å². The van der Waals surface area contributed by atoms with E-state index in [1.54, 1.807) is 7.11 Å². The molecule has 5 heteroatoms. The summed E-state index contributed by atoms with van der Waals surface area (Å²) in [5, 5.41) is 3.62. The van der Waals surface area contributed by atoms with Crippen LogP contribution in [0.4, 0.5) is 0 Å². The molecule has 1 aliphatic carbocycles. The smallest absolute Gasteiger partial charge is 0.223 e. The molecule has 2 rings (SSSR count). The predicted octanol–water partition coefficient (Wildman–Crippen LogP) is 2.27. The first-order valence-corrected chi connectivity index (χ1v) is 7.29. The normalized spacial score (nSPS) is 23.6. The molecule has 0 aromatic heterocycles. The summed E-state index contributed by atoms with van der Waals surface area (Å²) < 4.78 is 5.43. The summed E-state index contributed by atoms with van der Waals surface area (Å²) in [6, 6.07) is 7.65. The summed E-state index contributed by atoms with van der Waals surface area (Å²) in [5.41, 5.74) is 6.79. The summed E-state index contributed by atoms with van der Waals surface area (Å²) >= 11 is 5.97. The van der Waals surface area contributed by atoms with Gasteiger partial charge in [0.2, 0.25) is 5.91 Å². The van der Waals surface area contributed by atoms with Crippen molar-refractivity contribution in [1.82, 2.24) is 5.32 Å². The fourth-order valence-electron chi connectivity index (χ4n) is 2.64. The summed E-state index contributed by atoms with van der Waals surface area (Å²) in [5.74, 6) is 0.115. The van der Waals surface area contributed by atoms with Crippen molar-refractivity contribution in [1.29, 1.82) is 0 Å². The van der Waals surface area contributed by atoms with Crippen LogP contribution in [0.15, 0.2) is 24.3 Å². The molecule has 3 unspecified atom stereocenters. The Morgan fingerprint density at radius 1 is 1.55 bits per heavy atom. The lowest BCUT2D eigenvalue weighted by molar-refractivity contribution is -0.125. The minimum absolute atomic E-state index is 0.0434. The van der Waals surface area contributed by atoms with Gasteiger partial charge in [0.05, 0.1) is 6.10 Å². The fourth-order valence-corrected chi connectivity index (χ4v) is 2.84. The third-order valence-corrected chi connectivity index (χ3v) is 4.05. The maximum Gasteiger partial charge on any atom is 0.223 e. The van der Waals surface area contributed by atoms with E-state index in [0.717, 1.165) is 24.8 Å². The lowest BCUT2D eigenvalue weighted by Gasteiger charge is -2.18. The van der Waals surface area contributed by atoms with Crippen molar-refractivity contribution in [3.63, 3.8) is 0 Å². The van der Waals surface area contributed by atoms with Crippen molar-refractivity contribution >= 4 is 17.5 Å². The number of carbonyl (C=O) groups excluding carboxylic acids is 1. The molecule has 0 bridgehead atoms. The molecule has 0 heterocycles. The van der Waals surface area contributed by atoms with Gasteiger partial charge in [-0.3, -0.25) is 4.79 Å². The molecule has 0 spiro atoms. The lowest BCUT2D eigenvalue weighted by atomic mass is 10.1. The molecule has 1 aliphatic rings. The molecule has 1 fully saturated rings. The second-order valence-corrected chi connectivity index (χ2v) is 5.73. The highest BCUT2D eigenvalue weighted by atomic mass is 35.5.